The van der Waals surface area contributed by atoms with E-state index in [2.05, 4.69) is 15.2 Å². The molecule has 0 atom stereocenters. The standard InChI is InChI=1S/C23H19N5O3/c1-13(2)21-25-19-18(11-24)26-27-22(29)20(19)28(21)12-14-7-9-15(10-8-14)16-5-3-4-6-17(16)23(30)31/h3-10,13H,12H2,1-2H3,(H,27,29)(H,30,31). The molecule has 0 spiro atoms. The van der Waals surface area contributed by atoms with Crippen molar-refractivity contribution in [2.75, 3.05) is 0 Å². The number of carbonyl (C=O) groups is 1. The van der Waals surface area contributed by atoms with Crippen LogP contribution in [0, 0.1) is 11.3 Å². The van der Waals surface area contributed by atoms with Crippen molar-refractivity contribution in [2.24, 2.45) is 0 Å². The number of aromatic hydroxyl groups is 1. The van der Waals surface area contributed by atoms with Crippen LogP contribution in [0.5, 0.6) is 5.88 Å². The van der Waals surface area contributed by atoms with E-state index in [1.165, 1.54) is 0 Å². The average molecular weight is 413 g/mol. The Labute approximate surface area is 178 Å². The third kappa shape index (κ3) is 3.57. The molecule has 0 fully saturated rings. The summed E-state index contributed by atoms with van der Waals surface area (Å²) in [5.74, 6) is -0.506. The van der Waals surface area contributed by atoms with Crippen molar-refractivity contribution >= 4 is 17.0 Å². The smallest absolute Gasteiger partial charge is 0.336 e. The molecule has 0 amide bonds. The summed E-state index contributed by atoms with van der Waals surface area (Å²) >= 11 is 0. The van der Waals surface area contributed by atoms with E-state index in [0.717, 1.165) is 11.1 Å². The van der Waals surface area contributed by atoms with Gasteiger partial charge in [-0.1, -0.05) is 56.3 Å². The van der Waals surface area contributed by atoms with Crippen molar-refractivity contribution in [3.8, 4) is 23.1 Å². The fraction of sp³-hybridized carbons (Fsp3) is 0.174. The number of hydrogen-bond donors (Lipinski definition) is 2. The monoisotopic (exact) mass is 413 g/mol. The van der Waals surface area contributed by atoms with E-state index in [9.17, 15) is 20.3 Å². The SMILES string of the molecule is CC(C)c1nc2c(C#N)nnc(O)c2n1Cc1ccc(-c2ccccc2C(=O)O)cc1. The molecule has 31 heavy (non-hydrogen) atoms. The van der Waals surface area contributed by atoms with Gasteiger partial charge in [-0.3, -0.25) is 0 Å². The number of nitrogens with zero attached hydrogens (tertiary/aromatic N) is 5. The van der Waals surface area contributed by atoms with Crippen molar-refractivity contribution < 1.29 is 15.0 Å². The van der Waals surface area contributed by atoms with Crippen LogP contribution in [0.15, 0.2) is 48.5 Å². The maximum absolute atomic E-state index is 11.5. The van der Waals surface area contributed by atoms with E-state index in [-0.39, 0.29) is 23.1 Å². The summed E-state index contributed by atoms with van der Waals surface area (Å²) in [6, 6.07) is 16.4. The molecular weight excluding hydrogens is 394 g/mol. The fourth-order valence-corrected chi connectivity index (χ4v) is 3.62. The van der Waals surface area contributed by atoms with E-state index < -0.39 is 5.97 Å². The molecule has 0 saturated carbocycles. The topological polar surface area (TPSA) is 125 Å². The van der Waals surface area contributed by atoms with Crippen LogP contribution >= 0.6 is 0 Å². The van der Waals surface area contributed by atoms with Gasteiger partial charge in [-0.15, -0.1) is 10.2 Å². The Kier molecular flexibility index (Phi) is 5.09. The summed E-state index contributed by atoms with van der Waals surface area (Å²) in [7, 11) is 0. The normalized spacial score (nSPS) is 11.0. The van der Waals surface area contributed by atoms with Crippen LogP contribution in [0.4, 0.5) is 0 Å². The number of imidazole rings is 1. The van der Waals surface area contributed by atoms with Crippen molar-refractivity contribution in [3.63, 3.8) is 0 Å². The number of aromatic nitrogens is 4. The van der Waals surface area contributed by atoms with E-state index in [0.29, 0.717) is 29.0 Å². The second-order valence-electron chi connectivity index (χ2n) is 7.44. The Bertz CT molecular complexity index is 1330. The lowest BCUT2D eigenvalue weighted by molar-refractivity contribution is 0.0697. The van der Waals surface area contributed by atoms with Crippen molar-refractivity contribution in [1.82, 2.24) is 19.7 Å². The molecule has 2 N–H and O–H groups in total. The van der Waals surface area contributed by atoms with Crippen LogP contribution in [-0.2, 0) is 6.54 Å². The van der Waals surface area contributed by atoms with Crippen LogP contribution in [-0.4, -0.2) is 35.9 Å². The largest absolute Gasteiger partial charge is 0.491 e. The Morgan fingerprint density at radius 1 is 1.13 bits per heavy atom. The van der Waals surface area contributed by atoms with Gasteiger partial charge in [-0.05, 0) is 22.8 Å². The quantitative estimate of drug-likeness (QED) is 0.507. The van der Waals surface area contributed by atoms with Crippen molar-refractivity contribution in [3.05, 3.63) is 71.2 Å². The number of fused-ring (bicyclic) bond motifs is 1. The molecule has 0 aliphatic carbocycles. The van der Waals surface area contributed by atoms with Gasteiger partial charge in [0, 0.05) is 12.5 Å². The molecule has 8 heteroatoms. The van der Waals surface area contributed by atoms with Gasteiger partial charge in [0.25, 0.3) is 5.88 Å². The van der Waals surface area contributed by atoms with E-state index in [1.807, 2.05) is 48.7 Å². The first kappa shape index (κ1) is 20.0. The zero-order valence-corrected chi connectivity index (χ0v) is 16.9. The minimum atomic E-state index is -0.976. The highest BCUT2D eigenvalue weighted by molar-refractivity contribution is 5.96. The first-order valence-corrected chi connectivity index (χ1v) is 9.68. The van der Waals surface area contributed by atoms with Gasteiger partial charge in [0.15, 0.2) is 5.69 Å². The lowest BCUT2D eigenvalue weighted by atomic mass is 9.98. The highest BCUT2D eigenvalue weighted by Gasteiger charge is 2.21. The molecule has 154 valence electrons. The number of carboxylic acids is 1. The zero-order valence-electron chi connectivity index (χ0n) is 16.9. The third-order valence-electron chi connectivity index (χ3n) is 5.06. The number of benzene rings is 2. The van der Waals surface area contributed by atoms with Gasteiger partial charge in [0.1, 0.15) is 22.9 Å². The summed E-state index contributed by atoms with van der Waals surface area (Å²) in [4.78, 5) is 16.1. The first-order valence-electron chi connectivity index (χ1n) is 9.68. The number of rotatable bonds is 5. The Morgan fingerprint density at radius 2 is 1.84 bits per heavy atom. The maximum Gasteiger partial charge on any atom is 0.336 e. The van der Waals surface area contributed by atoms with Crippen LogP contribution in [0.2, 0.25) is 0 Å². The third-order valence-corrected chi connectivity index (χ3v) is 5.06. The number of hydrogen-bond acceptors (Lipinski definition) is 6. The van der Waals surface area contributed by atoms with Crippen LogP contribution < -0.4 is 0 Å². The Balaban J connectivity index is 1.77. The number of aromatic carboxylic acids is 1. The molecule has 4 rings (SSSR count). The fourth-order valence-electron chi connectivity index (χ4n) is 3.62. The molecule has 0 saturated heterocycles. The highest BCUT2D eigenvalue weighted by atomic mass is 16.4. The lowest BCUT2D eigenvalue weighted by Gasteiger charge is -2.13. The Hall–Kier alpha value is -4.25. The predicted molar refractivity (Wildman–Crippen MR) is 114 cm³/mol. The summed E-state index contributed by atoms with van der Waals surface area (Å²) < 4.78 is 1.84. The summed E-state index contributed by atoms with van der Waals surface area (Å²) in [5.41, 5.74) is 3.36. The summed E-state index contributed by atoms with van der Waals surface area (Å²) in [6.45, 7) is 4.36. The number of nitriles is 1. The zero-order chi connectivity index (χ0) is 22.1. The summed E-state index contributed by atoms with van der Waals surface area (Å²) in [5, 5.41) is 36.5. The molecule has 8 nitrogen and oxygen atoms in total. The highest BCUT2D eigenvalue weighted by Crippen LogP contribution is 2.30. The second-order valence-corrected chi connectivity index (χ2v) is 7.44. The molecule has 4 aromatic rings. The Morgan fingerprint density at radius 3 is 2.48 bits per heavy atom. The van der Waals surface area contributed by atoms with Crippen LogP contribution in [0.1, 0.15) is 47.2 Å². The summed E-state index contributed by atoms with van der Waals surface area (Å²) in [6.07, 6.45) is 0. The van der Waals surface area contributed by atoms with Crippen molar-refractivity contribution in [2.45, 2.75) is 26.3 Å². The van der Waals surface area contributed by atoms with E-state index in [4.69, 9.17) is 0 Å². The van der Waals surface area contributed by atoms with Gasteiger partial charge in [0.2, 0.25) is 0 Å². The lowest BCUT2D eigenvalue weighted by Crippen LogP contribution is -2.07. The minimum Gasteiger partial charge on any atom is -0.491 e. The molecule has 0 bridgehead atoms. The molecule has 2 heterocycles. The molecule has 2 aromatic carbocycles. The van der Waals surface area contributed by atoms with Gasteiger partial charge in [-0.25, -0.2) is 9.78 Å². The van der Waals surface area contributed by atoms with Crippen molar-refractivity contribution in [1.29, 1.82) is 5.26 Å². The van der Waals surface area contributed by atoms with E-state index >= 15 is 0 Å². The predicted octanol–water partition coefficient (Wildman–Crippen LogP) is 3.94. The molecule has 0 aliphatic heterocycles. The molecular formula is C23H19N5O3. The van der Waals surface area contributed by atoms with Gasteiger partial charge in [0.05, 0.1) is 5.56 Å². The van der Waals surface area contributed by atoms with Crippen LogP contribution in [0.25, 0.3) is 22.2 Å². The number of carboxylic acid groups (broad SMARTS) is 1. The van der Waals surface area contributed by atoms with Gasteiger partial charge < -0.3 is 14.8 Å². The maximum atomic E-state index is 11.5. The van der Waals surface area contributed by atoms with Gasteiger partial charge in [-0.2, -0.15) is 5.26 Å². The minimum absolute atomic E-state index is 0.0417. The average Bonchev–Trinajstić information content (AvgIpc) is 3.15. The molecule has 0 unspecified atom stereocenters. The first-order chi connectivity index (χ1) is 14.9. The van der Waals surface area contributed by atoms with E-state index in [1.54, 1.807) is 24.3 Å². The van der Waals surface area contributed by atoms with Gasteiger partial charge >= 0.3 is 5.97 Å². The molecule has 0 radical (unpaired) electrons. The van der Waals surface area contributed by atoms with Crippen LogP contribution in [0.3, 0.4) is 0 Å². The molecule has 2 aromatic heterocycles. The second kappa shape index (κ2) is 7.88. The molecule has 0 aliphatic rings.